The van der Waals surface area contributed by atoms with Gasteiger partial charge in [-0.1, -0.05) is 6.08 Å². The predicted molar refractivity (Wildman–Crippen MR) is 78.4 cm³/mol. The van der Waals surface area contributed by atoms with E-state index in [-0.39, 0.29) is 5.78 Å². The van der Waals surface area contributed by atoms with Crippen LogP contribution in [0.15, 0.2) is 71.3 Å². The number of fused-ring (bicyclic) bond motifs is 1. The summed E-state index contributed by atoms with van der Waals surface area (Å²) in [6.07, 6.45) is 16.0. The lowest BCUT2D eigenvalue weighted by Crippen LogP contribution is -2.12. The number of carbonyl (C=O) groups is 1. The Hall–Kier alpha value is -2.42. The van der Waals surface area contributed by atoms with Crippen molar-refractivity contribution in [3.8, 4) is 0 Å². The third kappa shape index (κ3) is 2.35. The molecule has 1 heterocycles. The molecule has 0 saturated carbocycles. The molecule has 0 aromatic carbocycles. The van der Waals surface area contributed by atoms with Crippen molar-refractivity contribution in [2.24, 2.45) is 0 Å². The van der Waals surface area contributed by atoms with E-state index in [2.05, 4.69) is 22.8 Å². The van der Waals surface area contributed by atoms with Gasteiger partial charge in [0, 0.05) is 35.8 Å². The minimum absolute atomic E-state index is 0.0265. The van der Waals surface area contributed by atoms with Gasteiger partial charge in [0.1, 0.15) is 25.6 Å². The van der Waals surface area contributed by atoms with E-state index in [0.717, 1.165) is 29.0 Å². The van der Waals surface area contributed by atoms with Crippen LogP contribution in [0.4, 0.5) is 0 Å². The highest BCUT2D eigenvalue weighted by atomic mass is 16.5. The van der Waals surface area contributed by atoms with E-state index in [1.165, 1.54) is 0 Å². The molecule has 0 spiro atoms. The summed E-state index contributed by atoms with van der Waals surface area (Å²) < 4.78 is 7.93. The number of ketones is 1. The van der Waals surface area contributed by atoms with E-state index in [0.29, 0.717) is 5.76 Å². The van der Waals surface area contributed by atoms with Crippen LogP contribution in [0, 0.1) is 0 Å². The second kappa shape index (κ2) is 4.93. The molecule has 2 aliphatic carbocycles. The van der Waals surface area contributed by atoms with Crippen molar-refractivity contribution < 1.29 is 14.1 Å². The molecular weight excluding hydrogens is 250 g/mol. The van der Waals surface area contributed by atoms with Gasteiger partial charge < -0.3 is 4.74 Å². The maximum atomic E-state index is 11.4. The van der Waals surface area contributed by atoms with Crippen LogP contribution in [0.2, 0.25) is 0 Å². The van der Waals surface area contributed by atoms with Gasteiger partial charge in [0.05, 0.1) is 0 Å². The molecule has 0 bridgehead atoms. The summed E-state index contributed by atoms with van der Waals surface area (Å²) >= 11 is 0. The standard InChI is InChI=1S/C17H16NO2/c1-18(2)14-7-3-12(4-8-14)16-10-6-13-5-9-15(19)11-17(13)20-16/h3-9,11H,10H2,1-2H3/q+1. The fourth-order valence-electron chi connectivity index (χ4n) is 2.27. The molecule has 0 radical (unpaired) electrons. The Kier molecular flexibility index (Phi) is 3.11. The topological polar surface area (TPSA) is 29.3 Å². The van der Waals surface area contributed by atoms with Crippen molar-refractivity contribution in [3.05, 3.63) is 71.3 Å². The van der Waals surface area contributed by atoms with E-state index in [9.17, 15) is 4.79 Å². The fourth-order valence-corrected chi connectivity index (χ4v) is 2.27. The molecule has 0 fully saturated rings. The van der Waals surface area contributed by atoms with Gasteiger partial charge in [0.2, 0.25) is 0 Å². The third-order valence-corrected chi connectivity index (χ3v) is 3.43. The van der Waals surface area contributed by atoms with E-state index in [4.69, 9.17) is 4.74 Å². The zero-order valence-electron chi connectivity index (χ0n) is 11.6. The highest BCUT2D eigenvalue weighted by Crippen LogP contribution is 2.31. The number of allylic oxidation sites excluding steroid dienone is 9. The molecule has 20 heavy (non-hydrogen) atoms. The Morgan fingerprint density at radius 2 is 1.80 bits per heavy atom. The smallest absolute Gasteiger partial charge is 0.199 e. The molecule has 0 aromatic heterocycles. The average Bonchev–Trinajstić information content (AvgIpc) is 2.46. The number of hydrogen-bond acceptors (Lipinski definition) is 2. The first kappa shape index (κ1) is 12.6. The van der Waals surface area contributed by atoms with Gasteiger partial charge in [0.25, 0.3) is 0 Å². The average molecular weight is 266 g/mol. The number of hydrogen-bond donors (Lipinski definition) is 0. The summed E-state index contributed by atoms with van der Waals surface area (Å²) in [6, 6.07) is 0. The van der Waals surface area contributed by atoms with Crippen LogP contribution in [0.1, 0.15) is 6.42 Å². The van der Waals surface area contributed by atoms with Crippen molar-refractivity contribution >= 4 is 11.5 Å². The molecule has 0 aromatic rings. The molecule has 3 rings (SSSR count). The quantitative estimate of drug-likeness (QED) is 0.630. The van der Waals surface area contributed by atoms with Crippen molar-refractivity contribution in [2.45, 2.75) is 6.42 Å². The maximum absolute atomic E-state index is 11.4. The van der Waals surface area contributed by atoms with Crippen molar-refractivity contribution in [3.63, 3.8) is 0 Å². The van der Waals surface area contributed by atoms with Gasteiger partial charge in [-0.15, -0.1) is 0 Å². The molecule has 0 saturated heterocycles. The van der Waals surface area contributed by atoms with Crippen LogP contribution >= 0.6 is 0 Å². The SMILES string of the molecule is C[N+](C)=C1C=CC(=C2CC=C3C=CC(=O)C=C3O2)C=C1. The molecule has 3 heteroatoms. The lowest BCUT2D eigenvalue weighted by molar-refractivity contribution is -0.462. The lowest BCUT2D eigenvalue weighted by atomic mass is 9.99. The minimum Gasteiger partial charge on any atom is -0.460 e. The molecule has 3 aliphatic rings. The Morgan fingerprint density at radius 1 is 1.05 bits per heavy atom. The van der Waals surface area contributed by atoms with E-state index in [1.807, 2.05) is 32.3 Å². The number of carbonyl (C=O) groups excluding carboxylic acids is 1. The number of nitrogens with zero attached hydrogens (tertiary/aromatic N) is 1. The van der Waals surface area contributed by atoms with Crippen LogP contribution in [-0.4, -0.2) is 30.2 Å². The normalized spacial score (nSPS) is 20.5. The van der Waals surface area contributed by atoms with Gasteiger partial charge >= 0.3 is 0 Å². The Balaban J connectivity index is 1.92. The summed E-state index contributed by atoms with van der Waals surface area (Å²) in [6.45, 7) is 0. The highest BCUT2D eigenvalue weighted by Gasteiger charge is 2.20. The lowest BCUT2D eigenvalue weighted by Gasteiger charge is -2.21. The van der Waals surface area contributed by atoms with Gasteiger partial charge in [0.15, 0.2) is 11.5 Å². The van der Waals surface area contributed by atoms with E-state index < -0.39 is 0 Å². The Morgan fingerprint density at radius 3 is 2.50 bits per heavy atom. The van der Waals surface area contributed by atoms with Crippen LogP contribution < -0.4 is 0 Å². The van der Waals surface area contributed by atoms with Gasteiger partial charge in [-0.25, -0.2) is 4.58 Å². The van der Waals surface area contributed by atoms with Gasteiger partial charge in [-0.05, 0) is 24.3 Å². The predicted octanol–water partition coefficient (Wildman–Crippen LogP) is 2.45. The zero-order chi connectivity index (χ0) is 14.1. The summed E-state index contributed by atoms with van der Waals surface area (Å²) in [5, 5.41) is 0. The monoisotopic (exact) mass is 266 g/mol. The fraction of sp³-hybridized carbons (Fsp3) is 0.176. The van der Waals surface area contributed by atoms with Crippen LogP contribution in [-0.2, 0) is 9.53 Å². The highest BCUT2D eigenvalue weighted by molar-refractivity contribution is 6.03. The molecular formula is C17H16NO2+. The second-order valence-corrected chi connectivity index (χ2v) is 5.07. The first-order chi connectivity index (χ1) is 9.63. The summed E-state index contributed by atoms with van der Waals surface area (Å²) in [4.78, 5) is 11.4. The Labute approximate surface area is 118 Å². The first-order valence-electron chi connectivity index (χ1n) is 6.59. The molecule has 100 valence electrons. The molecule has 0 atom stereocenters. The van der Waals surface area contributed by atoms with Crippen molar-refractivity contribution in [2.75, 3.05) is 14.1 Å². The summed E-state index contributed by atoms with van der Waals surface area (Å²) in [7, 11) is 4.03. The van der Waals surface area contributed by atoms with Crippen LogP contribution in [0.5, 0.6) is 0 Å². The summed E-state index contributed by atoms with van der Waals surface area (Å²) in [5.41, 5.74) is 3.18. The van der Waals surface area contributed by atoms with Gasteiger partial charge in [-0.2, -0.15) is 0 Å². The second-order valence-electron chi connectivity index (χ2n) is 5.07. The molecule has 0 amide bonds. The maximum Gasteiger partial charge on any atom is 0.199 e. The van der Waals surface area contributed by atoms with Gasteiger partial charge in [-0.3, -0.25) is 4.79 Å². The zero-order valence-corrected chi connectivity index (χ0v) is 11.6. The van der Waals surface area contributed by atoms with E-state index >= 15 is 0 Å². The van der Waals surface area contributed by atoms with E-state index in [1.54, 1.807) is 12.2 Å². The molecule has 1 aliphatic heterocycles. The molecule has 0 unspecified atom stereocenters. The number of rotatable bonds is 0. The van der Waals surface area contributed by atoms with Crippen molar-refractivity contribution in [1.29, 1.82) is 0 Å². The van der Waals surface area contributed by atoms with Crippen molar-refractivity contribution in [1.82, 2.24) is 0 Å². The summed E-state index contributed by atoms with van der Waals surface area (Å²) in [5.74, 6) is 1.50. The number of ether oxygens (including phenoxy) is 1. The van der Waals surface area contributed by atoms with Crippen LogP contribution in [0.3, 0.4) is 0 Å². The third-order valence-electron chi connectivity index (χ3n) is 3.43. The molecule has 0 N–H and O–H groups in total. The largest absolute Gasteiger partial charge is 0.460 e. The Bertz CT molecular complexity index is 673. The minimum atomic E-state index is -0.0265. The first-order valence-corrected chi connectivity index (χ1v) is 6.59. The van der Waals surface area contributed by atoms with Crippen LogP contribution in [0.25, 0.3) is 0 Å². The molecule has 3 nitrogen and oxygen atoms in total.